The summed E-state index contributed by atoms with van der Waals surface area (Å²) in [5, 5.41) is 3.53. The first-order valence-corrected chi connectivity index (χ1v) is 9.72. The van der Waals surface area contributed by atoms with Gasteiger partial charge in [-0.3, -0.25) is 10.1 Å². The van der Waals surface area contributed by atoms with Crippen molar-refractivity contribution in [2.75, 3.05) is 19.0 Å². The molecule has 1 atom stereocenters. The van der Waals surface area contributed by atoms with Crippen molar-refractivity contribution in [1.82, 2.24) is 4.98 Å². The molecular weight excluding hydrogens is 348 g/mol. The van der Waals surface area contributed by atoms with Crippen LogP contribution >= 0.6 is 11.3 Å². The minimum atomic E-state index is -0.214. The number of amides is 1. The smallest absolute Gasteiger partial charge is 0.264 e. The van der Waals surface area contributed by atoms with Crippen LogP contribution in [0.2, 0.25) is 0 Å². The third kappa shape index (κ3) is 4.36. The molecule has 1 N–H and O–H groups in total. The molecule has 3 rings (SSSR count). The zero-order chi connectivity index (χ0) is 18.7. The zero-order valence-corrected chi connectivity index (χ0v) is 16.6. The van der Waals surface area contributed by atoms with Gasteiger partial charge in [0.1, 0.15) is 0 Å². The molecule has 1 aliphatic rings. The van der Waals surface area contributed by atoms with Crippen LogP contribution in [-0.4, -0.2) is 24.6 Å². The van der Waals surface area contributed by atoms with Gasteiger partial charge in [-0.25, -0.2) is 4.98 Å². The maximum atomic E-state index is 12.2. The Morgan fingerprint density at radius 3 is 2.73 bits per heavy atom. The van der Waals surface area contributed by atoms with Gasteiger partial charge in [0.15, 0.2) is 23.2 Å². The number of para-hydroxylation sites is 2. The normalized spacial score (nSPS) is 16.7. The summed E-state index contributed by atoms with van der Waals surface area (Å²) in [6, 6.07) is 7.28. The Balaban J connectivity index is 1.58. The van der Waals surface area contributed by atoms with Crippen molar-refractivity contribution in [2.45, 2.75) is 40.0 Å². The number of fused-ring (bicyclic) bond motifs is 1. The van der Waals surface area contributed by atoms with E-state index in [1.54, 1.807) is 30.6 Å². The molecule has 0 bridgehead atoms. The van der Waals surface area contributed by atoms with E-state index in [-0.39, 0.29) is 12.5 Å². The quantitative estimate of drug-likeness (QED) is 0.847. The molecule has 1 aliphatic carbocycles. The summed E-state index contributed by atoms with van der Waals surface area (Å²) >= 11 is 1.59. The number of carbonyl (C=O) groups excluding carboxylic acids is 1. The number of aryl methyl sites for hydroxylation is 1. The Kier molecular flexibility index (Phi) is 5.51. The predicted octanol–water partition coefficient (Wildman–Crippen LogP) is 4.32. The molecule has 0 radical (unpaired) electrons. The summed E-state index contributed by atoms with van der Waals surface area (Å²) in [7, 11) is 1.58. The molecule has 0 saturated heterocycles. The first-order chi connectivity index (χ1) is 12.4. The van der Waals surface area contributed by atoms with Gasteiger partial charge >= 0.3 is 0 Å². The van der Waals surface area contributed by atoms with Gasteiger partial charge in [0.25, 0.3) is 5.91 Å². The fourth-order valence-electron chi connectivity index (χ4n) is 3.20. The largest absolute Gasteiger partial charge is 0.493 e. The lowest BCUT2D eigenvalue weighted by molar-refractivity contribution is -0.118. The molecule has 0 spiro atoms. The average Bonchev–Trinajstić information content (AvgIpc) is 3.00. The minimum absolute atomic E-state index is 0.0742. The van der Waals surface area contributed by atoms with E-state index in [0.29, 0.717) is 28.0 Å². The van der Waals surface area contributed by atoms with E-state index in [2.05, 4.69) is 31.1 Å². The molecule has 1 amide bonds. The highest BCUT2D eigenvalue weighted by Crippen LogP contribution is 2.40. The molecule has 140 valence electrons. The van der Waals surface area contributed by atoms with Crippen LogP contribution in [0.5, 0.6) is 11.5 Å². The van der Waals surface area contributed by atoms with Gasteiger partial charge in [-0.1, -0.05) is 32.9 Å². The average molecular weight is 375 g/mol. The molecule has 26 heavy (non-hydrogen) atoms. The summed E-state index contributed by atoms with van der Waals surface area (Å²) in [5.41, 5.74) is 1.43. The number of hydrogen-bond donors (Lipinski definition) is 1. The van der Waals surface area contributed by atoms with Crippen LogP contribution in [0, 0.1) is 11.3 Å². The molecule has 2 aromatic rings. The highest BCUT2D eigenvalue weighted by atomic mass is 32.1. The summed E-state index contributed by atoms with van der Waals surface area (Å²) in [6.45, 7) is 6.81. The summed E-state index contributed by atoms with van der Waals surface area (Å²) in [6.07, 6.45) is 3.19. The third-order valence-corrected chi connectivity index (χ3v) is 5.87. The number of nitrogens with one attached hydrogen (secondary N) is 1. The van der Waals surface area contributed by atoms with Gasteiger partial charge in [-0.05, 0) is 42.7 Å². The highest BCUT2D eigenvalue weighted by Gasteiger charge is 2.30. The van der Waals surface area contributed by atoms with Crippen LogP contribution in [0.3, 0.4) is 0 Å². The highest BCUT2D eigenvalue weighted by molar-refractivity contribution is 7.15. The van der Waals surface area contributed by atoms with Crippen molar-refractivity contribution in [3.8, 4) is 11.5 Å². The number of nitrogens with zero attached hydrogens (tertiary/aromatic N) is 1. The van der Waals surface area contributed by atoms with Crippen molar-refractivity contribution in [1.29, 1.82) is 0 Å². The molecule has 1 aromatic carbocycles. The minimum Gasteiger partial charge on any atom is -0.493 e. The van der Waals surface area contributed by atoms with E-state index in [1.165, 1.54) is 4.88 Å². The SMILES string of the molecule is COc1ccccc1OCC(=O)Nc1nc2c(s1)C[C@H](C(C)(C)C)CC2. The number of ether oxygens (including phenoxy) is 2. The number of anilines is 1. The second-order valence-electron chi connectivity index (χ2n) is 7.68. The third-order valence-electron chi connectivity index (χ3n) is 4.84. The zero-order valence-electron chi connectivity index (χ0n) is 15.8. The molecule has 0 saturated carbocycles. The Morgan fingerprint density at radius 2 is 2.04 bits per heavy atom. The van der Waals surface area contributed by atoms with Gasteiger partial charge < -0.3 is 9.47 Å². The number of thiazole rings is 1. The Morgan fingerprint density at radius 1 is 1.31 bits per heavy atom. The maximum absolute atomic E-state index is 12.2. The molecule has 0 aliphatic heterocycles. The van der Waals surface area contributed by atoms with Crippen LogP contribution in [-0.2, 0) is 17.6 Å². The lowest BCUT2D eigenvalue weighted by Crippen LogP contribution is -2.26. The Hall–Kier alpha value is -2.08. The standard InChI is InChI=1S/C20H26N2O3S/c1-20(2,3)13-9-10-14-17(11-13)26-19(21-14)22-18(23)12-25-16-8-6-5-7-15(16)24-4/h5-8,13H,9-12H2,1-4H3,(H,21,22,23)/t13-/m1/s1. The Bertz CT molecular complexity index is 780. The van der Waals surface area contributed by atoms with E-state index >= 15 is 0 Å². The van der Waals surface area contributed by atoms with E-state index in [4.69, 9.17) is 9.47 Å². The summed E-state index contributed by atoms with van der Waals surface area (Å²) in [4.78, 5) is 18.1. The fraction of sp³-hybridized carbons (Fsp3) is 0.500. The van der Waals surface area contributed by atoms with Crippen molar-refractivity contribution >= 4 is 22.4 Å². The van der Waals surface area contributed by atoms with Crippen molar-refractivity contribution < 1.29 is 14.3 Å². The van der Waals surface area contributed by atoms with Crippen molar-refractivity contribution in [3.63, 3.8) is 0 Å². The first-order valence-electron chi connectivity index (χ1n) is 8.91. The number of aromatic nitrogens is 1. The van der Waals surface area contributed by atoms with E-state index < -0.39 is 0 Å². The second kappa shape index (κ2) is 7.66. The molecular formula is C20H26N2O3S. The summed E-state index contributed by atoms with van der Waals surface area (Å²) in [5.74, 6) is 1.61. The van der Waals surface area contributed by atoms with Crippen LogP contribution in [0.25, 0.3) is 0 Å². The maximum Gasteiger partial charge on any atom is 0.264 e. The van der Waals surface area contributed by atoms with Gasteiger partial charge in [0.05, 0.1) is 12.8 Å². The van der Waals surface area contributed by atoms with Gasteiger partial charge in [-0.15, -0.1) is 11.3 Å². The van der Waals surface area contributed by atoms with E-state index in [9.17, 15) is 4.79 Å². The lowest BCUT2D eigenvalue weighted by Gasteiger charge is -2.33. The topological polar surface area (TPSA) is 60.5 Å². The van der Waals surface area contributed by atoms with E-state index in [1.807, 2.05) is 12.1 Å². The van der Waals surface area contributed by atoms with Gasteiger partial charge in [0, 0.05) is 4.88 Å². The Labute approximate surface area is 158 Å². The number of rotatable bonds is 5. The summed E-state index contributed by atoms with van der Waals surface area (Å²) < 4.78 is 10.8. The number of carbonyl (C=O) groups is 1. The van der Waals surface area contributed by atoms with Crippen LogP contribution in [0.4, 0.5) is 5.13 Å². The molecule has 1 heterocycles. The molecule has 6 heteroatoms. The monoisotopic (exact) mass is 374 g/mol. The second-order valence-corrected chi connectivity index (χ2v) is 8.77. The number of hydrogen-bond acceptors (Lipinski definition) is 5. The number of benzene rings is 1. The predicted molar refractivity (Wildman–Crippen MR) is 104 cm³/mol. The van der Waals surface area contributed by atoms with Gasteiger partial charge in [0.2, 0.25) is 0 Å². The van der Waals surface area contributed by atoms with Crippen molar-refractivity contribution in [3.05, 3.63) is 34.8 Å². The first kappa shape index (κ1) is 18.7. The van der Waals surface area contributed by atoms with Gasteiger partial charge in [-0.2, -0.15) is 0 Å². The lowest BCUT2D eigenvalue weighted by atomic mass is 9.73. The molecule has 0 unspecified atom stereocenters. The van der Waals surface area contributed by atoms with Crippen LogP contribution < -0.4 is 14.8 Å². The molecule has 1 aromatic heterocycles. The van der Waals surface area contributed by atoms with Crippen LogP contribution in [0.15, 0.2) is 24.3 Å². The fourth-order valence-corrected chi connectivity index (χ4v) is 4.31. The molecule has 0 fully saturated rings. The molecule has 5 nitrogen and oxygen atoms in total. The van der Waals surface area contributed by atoms with E-state index in [0.717, 1.165) is 25.0 Å². The van der Waals surface area contributed by atoms with Crippen molar-refractivity contribution in [2.24, 2.45) is 11.3 Å². The van der Waals surface area contributed by atoms with Crippen LogP contribution in [0.1, 0.15) is 37.8 Å². The number of methoxy groups -OCH3 is 1.